The summed E-state index contributed by atoms with van der Waals surface area (Å²) in [5.74, 6) is -1.35. The molecule has 0 saturated heterocycles. The van der Waals surface area contributed by atoms with Gasteiger partial charge < -0.3 is 26.0 Å². The first-order chi connectivity index (χ1) is 18.6. The van der Waals surface area contributed by atoms with Crippen LogP contribution in [0.3, 0.4) is 0 Å². The lowest BCUT2D eigenvalue weighted by atomic mass is 9.90. The quantitative estimate of drug-likeness (QED) is 0.240. The zero-order valence-electron chi connectivity index (χ0n) is 24.4. The van der Waals surface area contributed by atoms with E-state index in [1.807, 2.05) is 60.7 Å². The minimum atomic E-state index is -1.14. The highest BCUT2D eigenvalue weighted by molar-refractivity contribution is 6.38. The molecule has 0 unspecified atom stereocenters. The summed E-state index contributed by atoms with van der Waals surface area (Å²) < 4.78 is 0. The Bertz CT molecular complexity index is 1100. The number of Topliss-reactive ketones (excluding diaryl/α,β-unsaturated/α-hetero) is 1. The predicted octanol–water partition coefficient (Wildman–Crippen LogP) is 3.03. The van der Waals surface area contributed by atoms with Crippen LogP contribution in [0, 0.1) is 5.41 Å². The maximum Gasteiger partial charge on any atom is 0.408 e. The van der Waals surface area contributed by atoms with Crippen molar-refractivity contribution in [3.05, 3.63) is 71.8 Å². The predicted molar refractivity (Wildman–Crippen MR) is 155 cm³/mol. The average Bonchev–Trinajstić information content (AvgIpc) is 2.86. The van der Waals surface area contributed by atoms with E-state index in [0.717, 1.165) is 11.1 Å². The number of hydrogen-bond donors (Lipinski definition) is 5. The van der Waals surface area contributed by atoms with Gasteiger partial charge in [-0.25, -0.2) is 4.79 Å². The van der Waals surface area contributed by atoms with Crippen molar-refractivity contribution in [2.24, 2.45) is 5.41 Å². The van der Waals surface area contributed by atoms with Crippen LogP contribution in [-0.4, -0.2) is 80.9 Å². The van der Waals surface area contributed by atoms with Crippen LogP contribution < -0.4 is 10.6 Å². The third-order valence-corrected chi connectivity index (χ3v) is 6.67. The largest absolute Gasteiger partial charge is 0.465 e. The van der Waals surface area contributed by atoms with E-state index in [2.05, 4.69) is 10.6 Å². The van der Waals surface area contributed by atoms with Gasteiger partial charge in [-0.1, -0.05) is 81.4 Å². The SMILES string of the molecule is CC(C)(C)C(=O)C(=O)N[C@@H](Cc1ccccc1)[C@H](O)CNC[C@@H](O)[C@H](Cc1ccccc1)N(C(=O)O)C(C)(C)C. The van der Waals surface area contributed by atoms with E-state index in [1.165, 1.54) is 4.90 Å². The lowest BCUT2D eigenvalue weighted by Gasteiger charge is -2.42. The van der Waals surface area contributed by atoms with Gasteiger partial charge in [0, 0.05) is 24.0 Å². The first-order valence-electron chi connectivity index (χ1n) is 13.6. The third kappa shape index (κ3) is 10.0. The summed E-state index contributed by atoms with van der Waals surface area (Å²) in [6.45, 7) is 10.3. The molecule has 40 heavy (non-hydrogen) atoms. The molecule has 2 aromatic carbocycles. The fraction of sp³-hybridized carbons (Fsp3) is 0.516. The van der Waals surface area contributed by atoms with Crippen molar-refractivity contribution in [3.63, 3.8) is 0 Å². The molecule has 0 aliphatic rings. The second-order valence-corrected chi connectivity index (χ2v) is 12.2. The van der Waals surface area contributed by atoms with Gasteiger partial charge in [-0.2, -0.15) is 0 Å². The Morgan fingerprint density at radius 3 is 1.70 bits per heavy atom. The zero-order chi connectivity index (χ0) is 30.1. The summed E-state index contributed by atoms with van der Waals surface area (Å²) in [5.41, 5.74) is 0.124. The van der Waals surface area contributed by atoms with Crippen molar-refractivity contribution in [2.75, 3.05) is 13.1 Å². The molecule has 2 amide bonds. The van der Waals surface area contributed by atoms with E-state index < -0.39 is 53.0 Å². The van der Waals surface area contributed by atoms with Gasteiger partial charge in [-0.15, -0.1) is 0 Å². The Morgan fingerprint density at radius 1 is 0.775 bits per heavy atom. The van der Waals surface area contributed by atoms with Crippen LogP contribution in [-0.2, 0) is 22.4 Å². The molecular weight excluding hydrogens is 510 g/mol. The number of rotatable bonds is 13. The number of hydrogen-bond acceptors (Lipinski definition) is 6. The molecule has 0 saturated carbocycles. The lowest BCUT2D eigenvalue weighted by molar-refractivity contribution is -0.143. The molecule has 9 heteroatoms. The van der Waals surface area contributed by atoms with E-state index >= 15 is 0 Å². The number of nitrogens with one attached hydrogen (secondary N) is 2. The van der Waals surface area contributed by atoms with E-state index in [4.69, 9.17) is 0 Å². The van der Waals surface area contributed by atoms with Crippen molar-refractivity contribution in [1.82, 2.24) is 15.5 Å². The first-order valence-corrected chi connectivity index (χ1v) is 13.6. The van der Waals surface area contributed by atoms with Gasteiger partial charge in [-0.3, -0.25) is 14.5 Å². The van der Waals surface area contributed by atoms with Crippen LogP contribution in [0.25, 0.3) is 0 Å². The van der Waals surface area contributed by atoms with Crippen LogP contribution in [0.2, 0.25) is 0 Å². The van der Waals surface area contributed by atoms with E-state index in [9.17, 15) is 29.7 Å². The molecular formula is C31H45N3O6. The van der Waals surface area contributed by atoms with Gasteiger partial charge in [0.05, 0.1) is 24.3 Å². The number of amides is 2. The van der Waals surface area contributed by atoms with Crippen molar-refractivity contribution < 1.29 is 29.7 Å². The maximum atomic E-state index is 12.7. The van der Waals surface area contributed by atoms with Gasteiger partial charge in [0.25, 0.3) is 5.91 Å². The monoisotopic (exact) mass is 555 g/mol. The number of carboxylic acid groups (broad SMARTS) is 1. The molecule has 0 aliphatic carbocycles. The molecule has 9 nitrogen and oxygen atoms in total. The maximum absolute atomic E-state index is 12.7. The highest BCUT2D eigenvalue weighted by Gasteiger charge is 2.37. The summed E-state index contributed by atoms with van der Waals surface area (Å²) in [5, 5.41) is 38.0. The molecule has 0 radical (unpaired) electrons. The third-order valence-electron chi connectivity index (χ3n) is 6.67. The fourth-order valence-electron chi connectivity index (χ4n) is 4.56. The minimum absolute atomic E-state index is 0.000799. The molecule has 0 heterocycles. The van der Waals surface area contributed by atoms with Gasteiger partial charge in [0.15, 0.2) is 0 Å². The molecule has 0 bridgehead atoms. The Labute approximate surface area is 237 Å². The number of benzene rings is 2. The second kappa shape index (κ2) is 14.4. The van der Waals surface area contributed by atoms with Crippen molar-refractivity contribution in [2.45, 2.75) is 84.2 Å². The molecule has 4 atom stereocenters. The minimum Gasteiger partial charge on any atom is -0.465 e. The highest BCUT2D eigenvalue weighted by Crippen LogP contribution is 2.23. The number of aliphatic hydroxyl groups excluding tert-OH is 2. The molecule has 220 valence electrons. The molecule has 0 aromatic heterocycles. The number of aliphatic hydroxyl groups is 2. The number of ketones is 1. The van der Waals surface area contributed by atoms with Gasteiger partial charge in [0.2, 0.25) is 5.78 Å². The van der Waals surface area contributed by atoms with Gasteiger partial charge in [0.1, 0.15) is 0 Å². The van der Waals surface area contributed by atoms with Crippen LogP contribution >= 0.6 is 0 Å². The average molecular weight is 556 g/mol. The Balaban J connectivity index is 2.16. The highest BCUT2D eigenvalue weighted by atomic mass is 16.4. The summed E-state index contributed by atoms with van der Waals surface area (Å²) in [4.78, 5) is 38.7. The molecule has 0 spiro atoms. The number of carbonyl (C=O) groups is 3. The molecule has 2 rings (SSSR count). The normalized spacial score (nSPS) is 15.0. The number of carbonyl (C=O) groups excluding carboxylic acids is 2. The first kappa shape index (κ1) is 32.9. The lowest BCUT2D eigenvalue weighted by Crippen LogP contribution is -2.58. The fourth-order valence-corrected chi connectivity index (χ4v) is 4.56. The zero-order valence-corrected chi connectivity index (χ0v) is 24.4. The second-order valence-electron chi connectivity index (χ2n) is 12.2. The van der Waals surface area contributed by atoms with Crippen LogP contribution in [0.4, 0.5) is 4.79 Å². The van der Waals surface area contributed by atoms with Crippen molar-refractivity contribution >= 4 is 17.8 Å². The van der Waals surface area contributed by atoms with Gasteiger partial charge in [-0.05, 0) is 44.7 Å². The topological polar surface area (TPSA) is 139 Å². The van der Waals surface area contributed by atoms with Crippen molar-refractivity contribution in [1.29, 1.82) is 0 Å². The van der Waals surface area contributed by atoms with Gasteiger partial charge >= 0.3 is 6.09 Å². The Hall–Kier alpha value is -3.27. The number of nitrogens with zero attached hydrogens (tertiary/aromatic N) is 1. The van der Waals surface area contributed by atoms with Crippen LogP contribution in [0.5, 0.6) is 0 Å². The van der Waals surface area contributed by atoms with E-state index in [1.54, 1.807) is 41.5 Å². The standard InChI is InChI=1S/C31H45N3O6/c1-30(2,3)27(37)28(38)33-23(17-21-13-9-7-10-14-21)25(35)19-32-20-26(36)24(18-22-15-11-8-12-16-22)34(29(39)40)31(4,5)6/h7-16,23-26,32,35-36H,17-20H2,1-6H3,(H,33,38)(H,39,40)/t23-,24-,25+,26+/m0/s1. The molecule has 2 aromatic rings. The Kier molecular flexibility index (Phi) is 11.8. The van der Waals surface area contributed by atoms with E-state index in [-0.39, 0.29) is 13.1 Å². The van der Waals surface area contributed by atoms with Crippen molar-refractivity contribution in [3.8, 4) is 0 Å². The summed E-state index contributed by atoms with van der Waals surface area (Å²) in [6, 6.07) is 17.2. The molecule has 0 aliphatic heterocycles. The van der Waals surface area contributed by atoms with Crippen LogP contribution in [0.15, 0.2) is 60.7 Å². The summed E-state index contributed by atoms with van der Waals surface area (Å²) in [7, 11) is 0. The van der Waals surface area contributed by atoms with Crippen LogP contribution in [0.1, 0.15) is 52.7 Å². The summed E-state index contributed by atoms with van der Waals surface area (Å²) in [6.07, 6.45) is -2.72. The molecule has 0 fully saturated rings. The Morgan fingerprint density at radius 2 is 1.25 bits per heavy atom. The molecule has 5 N–H and O–H groups in total. The van der Waals surface area contributed by atoms with E-state index in [0.29, 0.717) is 12.8 Å². The summed E-state index contributed by atoms with van der Waals surface area (Å²) >= 11 is 0. The smallest absolute Gasteiger partial charge is 0.408 e.